The fourth-order valence-corrected chi connectivity index (χ4v) is 6.87. The molecular weight excluding hydrogens is 472 g/mol. The number of benzene rings is 3. The summed E-state index contributed by atoms with van der Waals surface area (Å²) in [5.74, 6) is 2.38. The van der Waals surface area contributed by atoms with Gasteiger partial charge in [-0.05, 0) is 66.5 Å². The normalized spacial score (nSPS) is 17.4. The van der Waals surface area contributed by atoms with E-state index in [1.807, 2.05) is 0 Å². The summed E-state index contributed by atoms with van der Waals surface area (Å²) in [5, 5.41) is 0. The number of imidazole rings is 1. The van der Waals surface area contributed by atoms with Crippen LogP contribution in [0.25, 0.3) is 0 Å². The molecule has 6 rings (SSSR count). The Kier molecular flexibility index (Phi) is 8.09. The van der Waals surface area contributed by atoms with Crippen LogP contribution in [0.15, 0.2) is 116 Å². The first kappa shape index (κ1) is 25.9. The van der Waals surface area contributed by atoms with Crippen LogP contribution >= 0.6 is 0 Å². The summed E-state index contributed by atoms with van der Waals surface area (Å²) < 4.78 is 2.36. The van der Waals surface area contributed by atoms with Crippen molar-refractivity contribution in [2.24, 2.45) is 17.8 Å². The third-order valence-electron chi connectivity index (χ3n) is 9.12. The van der Waals surface area contributed by atoms with Crippen molar-refractivity contribution in [3.8, 4) is 0 Å². The average Bonchev–Trinajstić information content (AvgIpc) is 3.76. The lowest BCUT2D eigenvalue weighted by Crippen LogP contribution is -2.36. The van der Waals surface area contributed by atoms with Crippen molar-refractivity contribution in [1.82, 2.24) is 9.55 Å². The zero-order chi connectivity index (χ0) is 26.3. The Morgan fingerprint density at radius 3 is 1.85 bits per heavy atom. The zero-order valence-corrected chi connectivity index (χ0v) is 23.2. The van der Waals surface area contributed by atoms with Gasteiger partial charge in [-0.15, -0.1) is 0 Å². The van der Waals surface area contributed by atoms with Gasteiger partial charge in [-0.25, -0.2) is 4.98 Å². The highest BCUT2D eigenvalue weighted by Crippen LogP contribution is 2.42. The maximum Gasteiger partial charge on any atom is 0.121 e. The van der Waals surface area contributed by atoms with E-state index in [1.54, 1.807) is 0 Å². The fourth-order valence-electron chi connectivity index (χ4n) is 6.87. The third-order valence-corrected chi connectivity index (χ3v) is 9.12. The molecular formula is C37H42N2. The van der Waals surface area contributed by atoms with E-state index in [2.05, 4.69) is 120 Å². The van der Waals surface area contributed by atoms with Crippen molar-refractivity contribution in [2.75, 3.05) is 0 Å². The van der Waals surface area contributed by atoms with Crippen molar-refractivity contribution < 1.29 is 0 Å². The molecule has 0 spiro atoms. The number of hydrogen-bond donors (Lipinski definition) is 0. The molecule has 0 N–H and O–H groups in total. The first-order valence-electron chi connectivity index (χ1n) is 15.2. The largest absolute Gasteiger partial charge is 0.319 e. The second-order valence-corrected chi connectivity index (χ2v) is 11.8. The van der Waals surface area contributed by atoms with Gasteiger partial charge in [-0.2, -0.15) is 0 Å². The van der Waals surface area contributed by atoms with Crippen molar-refractivity contribution in [3.63, 3.8) is 0 Å². The smallest absolute Gasteiger partial charge is 0.121 e. The highest BCUT2D eigenvalue weighted by Gasteiger charge is 2.38. The van der Waals surface area contributed by atoms with E-state index in [1.165, 1.54) is 80.2 Å². The Hall–Kier alpha value is -3.39. The molecule has 39 heavy (non-hydrogen) atoms. The summed E-state index contributed by atoms with van der Waals surface area (Å²) in [7, 11) is 0. The lowest BCUT2D eigenvalue weighted by molar-refractivity contribution is 0.341. The van der Waals surface area contributed by atoms with Gasteiger partial charge in [0.05, 0.1) is 12.0 Å². The molecule has 0 saturated heterocycles. The molecule has 2 aliphatic carbocycles. The molecule has 200 valence electrons. The molecule has 2 saturated carbocycles. The Labute approximate surface area is 234 Å². The van der Waals surface area contributed by atoms with Crippen LogP contribution in [0.4, 0.5) is 0 Å². The van der Waals surface area contributed by atoms with E-state index in [4.69, 9.17) is 4.98 Å². The lowest BCUT2D eigenvalue weighted by Gasteiger charge is -2.37. The van der Waals surface area contributed by atoms with Gasteiger partial charge in [-0.3, -0.25) is 0 Å². The van der Waals surface area contributed by atoms with E-state index in [9.17, 15) is 0 Å². The van der Waals surface area contributed by atoms with Crippen LogP contribution in [-0.4, -0.2) is 9.55 Å². The second-order valence-electron chi connectivity index (χ2n) is 11.8. The van der Waals surface area contributed by atoms with Gasteiger partial charge < -0.3 is 4.57 Å². The Balaban J connectivity index is 1.30. The molecule has 0 unspecified atom stereocenters. The number of nitrogens with zero attached hydrogens (tertiary/aromatic N) is 2. The molecule has 2 fully saturated rings. The minimum absolute atomic E-state index is 0.486. The molecule has 0 radical (unpaired) electrons. The van der Waals surface area contributed by atoms with Gasteiger partial charge in [0.2, 0.25) is 0 Å². The summed E-state index contributed by atoms with van der Waals surface area (Å²) in [6.07, 6.45) is 23.0. The molecule has 4 aromatic rings. The van der Waals surface area contributed by atoms with Crippen LogP contribution in [0.3, 0.4) is 0 Å². The topological polar surface area (TPSA) is 17.8 Å². The summed E-state index contributed by atoms with van der Waals surface area (Å²) in [6, 6.07) is 32.7. The van der Waals surface area contributed by atoms with Crippen molar-refractivity contribution in [1.29, 1.82) is 0 Å². The number of rotatable bonds is 11. The standard InChI is InChI=1S/C37H42N2/c1-5-15-30(16-6-1)17-13-14-18-32(31-25-26-31)27-36-28-39(29-38-36)37(33-19-7-2-8-20-33,34-21-9-3-10-22-34)35-23-11-4-12-24-35/h2-4,7-12,14,18-24,28-32H,1,5-6,13,15-17,25-27H2/b18-14-/t32-/m1/s1. The molecule has 0 bridgehead atoms. The van der Waals surface area contributed by atoms with Crippen LogP contribution in [0.1, 0.15) is 80.2 Å². The molecule has 0 aliphatic heterocycles. The second kappa shape index (κ2) is 12.2. The van der Waals surface area contributed by atoms with Crippen molar-refractivity contribution in [3.05, 3.63) is 138 Å². The average molecular weight is 515 g/mol. The van der Waals surface area contributed by atoms with Crippen LogP contribution in [-0.2, 0) is 12.0 Å². The lowest BCUT2D eigenvalue weighted by atomic mass is 9.77. The molecule has 0 amide bonds. The van der Waals surface area contributed by atoms with E-state index in [0.717, 1.165) is 18.3 Å². The Morgan fingerprint density at radius 1 is 0.744 bits per heavy atom. The van der Waals surface area contributed by atoms with Gasteiger partial charge in [0.15, 0.2) is 0 Å². The van der Waals surface area contributed by atoms with E-state index in [0.29, 0.717) is 5.92 Å². The maximum absolute atomic E-state index is 5.04. The highest BCUT2D eigenvalue weighted by molar-refractivity contribution is 5.50. The summed E-state index contributed by atoms with van der Waals surface area (Å²) in [6.45, 7) is 0. The maximum atomic E-state index is 5.04. The summed E-state index contributed by atoms with van der Waals surface area (Å²) >= 11 is 0. The zero-order valence-electron chi connectivity index (χ0n) is 23.2. The van der Waals surface area contributed by atoms with Crippen molar-refractivity contribution >= 4 is 0 Å². The van der Waals surface area contributed by atoms with Crippen LogP contribution in [0, 0.1) is 17.8 Å². The highest BCUT2D eigenvalue weighted by atomic mass is 15.1. The van der Waals surface area contributed by atoms with Gasteiger partial charge in [-0.1, -0.05) is 135 Å². The van der Waals surface area contributed by atoms with E-state index < -0.39 is 5.54 Å². The molecule has 2 heteroatoms. The van der Waals surface area contributed by atoms with Crippen LogP contribution in [0.2, 0.25) is 0 Å². The van der Waals surface area contributed by atoms with Gasteiger partial charge in [0.1, 0.15) is 5.54 Å². The van der Waals surface area contributed by atoms with Crippen molar-refractivity contribution in [2.45, 2.75) is 69.7 Å². The summed E-state index contributed by atoms with van der Waals surface area (Å²) in [5.41, 5.74) is 4.43. The minimum atomic E-state index is -0.486. The SMILES string of the molecule is C(=C/[C@H](Cc1cn(C(c2ccccc2)(c2ccccc2)c2ccccc2)cn1)C1CC1)/CCC1CCCCC1. The predicted molar refractivity (Wildman–Crippen MR) is 162 cm³/mol. The minimum Gasteiger partial charge on any atom is -0.319 e. The van der Waals surface area contributed by atoms with Gasteiger partial charge in [0.25, 0.3) is 0 Å². The molecule has 1 heterocycles. The monoisotopic (exact) mass is 514 g/mol. The third kappa shape index (κ3) is 5.81. The van der Waals surface area contributed by atoms with E-state index in [-0.39, 0.29) is 0 Å². The van der Waals surface area contributed by atoms with Gasteiger partial charge in [0, 0.05) is 6.20 Å². The molecule has 2 nitrogen and oxygen atoms in total. The van der Waals surface area contributed by atoms with Crippen LogP contribution in [0.5, 0.6) is 0 Å². The fraction of sp³-hybridized carbons (Fsp3) is 0.378. The van der Waals surface area contributed by atoms with Crippen LogP contribution < -0.4 is 0 Å². The quantitative estimate of drug-likeness (QED) is 0.144. The summed E-state index contributed by atoms with van der Waals surface area (Å²) in [4.78, 5) is 5.04. The Bertz CT molecular complexity index is 1210. The molecule has 1 aromatic heterocycles. The number of allylic oxidation sites excluding steroid dienone is 2. The Morgan fingerprint density at radius 2 is 1.31 bits per heavy atom. The van der Waals surface area contributed by atoms with Gasteiger partial charge >= 0.3 is 0 Å². The first-order chi connectivity index (χ1) is 19.3. The van der Waals surface area contributed by atoms with E-state index >= 15 is 0 Å². The molecule has 3 aromatic carbocycles. The number of aromatic nitrogens is 2. The number of hydrogen-bond acceptors (Lipinski definition) is 1. The molecule has 1 atom stereocenters. The predicted octanol–water partition coefficient (Wildman–Crippen LogP) is 9.21. The molecule has 2 aliphatic rings. The first-order valence-corrected chi connectivity index (χ1v) is 15.2.